The molecule has 1 aromatic rings. The fourth-order valence-electron chi connectivity index (χ4n) is 1.41. The smallest absolute Gasteiger partial charge is 0.321 e. The molecule has 0 saturated heterocycles. The zero-order chi connectivity index (χ0) is 16.6. The van der Waals surface area contributed by atoms with E-state index in [2.05, 4.69) is 0 Å². The first-order valence-electron chi connectivity index (χ1n) is 5.70. The topological polar surface area (TPSA) is 155 Å². The number of aliphatic carboxylic acids is 2. The van der Waals surface area contributed by atoms with Gasteiger partial charge in [0.05, 0.1) is 12.2 Å². The van der Waals surface area contributed by atoms with Gasteiger partial charge in [0.25, 0.3) is 10.1 Å². The van der Waals surface area contributed by atoms with E-state index in [1.165, 1.54) is 0 Å². The van der Waals surface area contributed by atoms with Crippen molar-refractivity contribution >= 4 is 22.1 Å². The van der Waals surface area contributed by atoms with Gasteiger partial charge in [-0.05, 0) is 12.0 Å². The molecule has 8 nitrogen and oxygen atoms in total. The van der Waals surface area contributed by atoms with Crippen molar-refractivity contribution in [1.82, 2.24) is 0 Å². The molecule has 0 saturated carbocycles. The van der Waals surface area contributed by atoms with E-state index in [9.17, 15) is 18.0 Å². The normalized spacial score (nSPS) is 13.5. The van der Waals surface area contributed by atoms with Gasteiger partial charge in [0.2, 0.25) is 0 Å². The van der Waals surface area contributed by atoms with Gasteiger partial charge in [-0.25, -0.2) is 0 Å². The molecule has 0 radical (unpaired) electrons. The SMILES string of the molecule is CS(=O)(=O)O.N[C@H](C(=O)O)C(Cc1ccccc1)C(=O)O. The summed E-state index contributed by atoms with van der Waals surface area (Å²) >= 11 is 0. The minimum atomic E-state index is -3.67. The van der Waals surface area contributed by atoms with Crippen molar-refractivity contribution in [1.29, 1.82) is 0 Å². The van der Waals surface area contributed by atoms with E-state index in [0.29, 0.717) is 6.26 Å². The van der Waals surface area contributed by atoms with Gasteiger partial charge in [-0.1, -0.05) is 30.3 Å². The van der Waals surface area contributed by atoms with Crippen molar-refractivity contribution in [3.05, 3.63) is 35.9 Å². The Bertz CT molecular complexity index is 563. The van der Waals surface area contributed by atoms with Crippen LogP contribution in [0.2, 0.25) is 0 Å². The maximum Gasteiger partial charge on any atom is 0.321 e. The van der Waals surface area contributed by atoms with Crippen LogP contribution in [0.5, 0.6) is 0 Å². The van der Waals surface area contributed by atoms with Crippen LogP contribution in [0.3, 0.4) is 0 Å². The molecule has 0 aromatic heterocycles. The van der Waals surface area contributed by atoms with Crippen LogP contribution in [0, 0.1) is 5.92 Å². The Morgan fingerprint density at radius 1 is 1.14 bits per heavy atom. The second-order valence-corrected chi connectivity index (χ2v) is 5.70. The first kappa shape index (κ1) is 19.0. The van der Waals surface area contributed by atoms with E-state index in [1.807, 2.05) is 0 Å². The van der Waals surface area contributed by atoms with Gasteiger partial charge in [0.1, 0.15) is 6.04 Å². The standard InChI is InChI=1S/C11H13NO4.CH4O3S/c12-9(11(15)16)8(10(13)14)6-7-4-2-1-3-5-7;1-5(2,3)4/h1-5,8-9H,6,12H2,(H,13,14)(H,15,16);1H3,(H,2,3,4)/t8?,9-;/m0./s1. The molecule has 9 heteroatoms. The van der Waals surface area contributed by atoms with Crippen molar-refractivity contribution in [3.8, 4) is 0 Å². The van der Waals surface area contributed by atoms with Crippen LogP contribution >= 0.6 is 0 Å². The molecule has 0 aliphatic heterocycles. The van der Waals surface area contributed by atoms with E-state index in [0.717, 1.165) is 5.56 Å². The molecule has 0 aliphatic rings. The third-order valence-electron chi connectivity index (χ3n) is 2.33. The van der Waals surface area contributed by atoms with Gasteiger partial charge in [-0.15, -0.1) is 0 Å². The molecule has 0 bridgehead atoms. The summed E-state index contributed by atoms with van der Waals surface area (Å²) in [4.78, 5) is 21.6. The molecule has 5 N–H and O–H groups in total. The molecule has 0 heterocycles. The molecule has 118 valence electrons. The van der Waals surface area contributed by atoms with Crippen LogP contribution in [-0.4, -0.2) is 47.4 Å². The lowest BCUT2D eigenvalue weighted by Crippen LogP contribution is -2.43. The Labute approximate surface area is 122 Å². The van der Waals surface area contributed by atoms with Crippen molar-refractivity contribution in [3.63, 3.8) is 0 Å². The highest BCUT2D eigenvalue weighted by Crippen LogP contribution is 2.12. The van der Waals surface area contributed by atoms with Crippen LogP contribution in [0.1, 0.15) is 5.56 Å². The van der Waals surface area contributed by atoms with Gasteiger partial charge in [-0.2, -0.15) is 8.42 Å². The average Bonchev–Trinajstić information content (AvgIpc) is 2.34. The summed E-state index contributed by atoms with van der Waals surface area (Å²) in [5.74, 6) is -3.61. The van der Waals surface area contributed by atoms with Crippen LogP contribution in [0.25, 0.3) is 0 Å². The van der Waals surface area contributed by atoms with Gasteiger partial charge in [-0.3, -0.25) is 14.1 Å². The Balaban J connectivity index is 0.000000690. The maximum atomic E-state index is 10.9. The molecule has 21 heavy (non-hydrogen) atoms. The van der Waals surface area contributed by atoms with Crippen LogP contribution in [0.15, 0.2) is 30.3 Å². The van der Waals surface area contributed by atoms with Crippen LogP contribution < -0.4 is 5.73 Å². The predicted molar refractivity (Wildman–Crippen MR) is 74.4 cm³/mol. The Hall–Kier alpha value is -1.97. The Morgan fingerprint density at radius 2 is 1.57 bits per heavy atom. The Morgan fingerprint density at radius 3 is 1.90 bits per heavy atom. The molecule has 0 fully saturated rings. The van der Waals surface area contributed by atoms with Crippen molar-refractivity contribution in [2.75, 3.05) is 6.26 Å². The van der Waals surface area contributed by atoms with E-state index in [1.54, 1.807) is 30.3 Å². The summed E-state index contributed by atoms with van der Waals surface area (Å²) in [7, 11) is -3.67. The quantitative estimate of drug-likeness (QED) is 0.546. The molecule has 2 atom stereocenters. The van der Waals surface area contributed by atoms with Crippen LogP contribution in [-0.2, 0) is 26.1 Å². The molecular formula is C12H17NO7S. The third kappa shape index (κ3) is 9.55. The minimum Gasteiger partial charge on any atom is -0.481 e. The van der Waals surface area contributed by atoms with E-state index in [4.69, 9.17) is 20.5 Å². The number of nitrogens with two attached hydrogens (primary N) is 1. The average molecular weight is 319 g/mol. The van der Waals surface area contributed by atoms with Gasteiger partial charge in [0, 0.05) is 0 Å². The zero-order valence-electron chi connectivity index (χ0n) is 11.2. The second-order valence-electron chi connectivity index (χ2n) is 4.23. The molecule has 1 aromatic carbocycles. The Kier molecular flexibility index (Phi) is 7.56. The summed E-state index contributed by atoms with van der Waals surface area (Å²) in [5, 5.41) is 17.6. The van der Waals surface area contributed by atoms with Crippen molar-refractivity contribution in [2.24, 2.45) is 11.7 Å². The lowest BCUT2D eigenvalue weighted by atomic mass is 9.93. The number of hydrogen-bond donors (Lipinski definition) is 4. The third-order valence-corrected chi connectivity index (χ3v) is 2.33. The summed E-state index contributed by atoms with van der Waals surface area (Å²) in [6.07, 6.45) is 0.830. The molecule has 1 rings (SSSR count). The highest BCUT2D eigenvalue weighted by Gasteiger charge is 2.30. The lowest BCUT2D eigenvalue weighted by molar-refractivity contribution is -0.149. The zero-order valence-corrected chi connectivity index (χ0v) is 12.0. The van der Waals surface area contributed by atoms with Crippen molar-refractivity contribution in [2.45, 2.75) is 12.5 Å². The highest BCUT2D eigenvalue weighted by molar-refractivity contribution is 7.85. The minimum absolute atomic E-state index is 0.115. The fraction of sp³-hybridized carbons (Fsp3) is 0.333. The first-order valence-corrected chi connectivity index (χ1v) is 7.54. The number of carbonyl (C=O) groups is 2. The number of rotatable bonds is 5. The van der Waals surface area contributed by atoms with Crippen molar-refractivity contribution < 1.29 is 32.8 Å². The summed E-state index contributed by atoms with van der Waals surface area (Å²) < 4.78 is 25.9. The molecule has 0 aliphatic carbocycles. The summed E-state index contributed by atoms with van der Waals surface area (Å²) in [6, 6.07) is 7.42. The molecule has 0 amide bonds. The fourth-order valence-corrected chi connectivity index (χ4v) is 1.41. The largest absolute Gasteiger partial charge is 0.481 e. The van der Waals surface area contributed by atoms with Gasteiger partial charge in [0.15, 0.2) is 0 Å². The van der Waals surface area contributed by atoms with E-state index >= 15 is 0 Å². The molecular weight excluding hydrogens is 302 g/mol. The predicted octanol–water partition coefficient (Wildman–Crippen LogP) is -0.154. The maximum absolute atomic E-state index is 10.9. The highest BCUT2D eigenvalue weighted by atomic mass is 32.2. The first-order chi connectivity index (χ1) is 9.52. The van der Waals surface area contributed by atoms with Gasteiger partial charge < -0.3 is 15.9 Å². The van der Waals surface area contributed by atoms with Gasteiger partial charge >= 0.3 is 11.9 Å². The van der Waals surface area contributed by atoms with E-state index in [-0.39, 0.29) is 6.42 Å². The number of hydrogen-bond acceptors (Lipinski definition) is 5. The molecule has 1 unspecified atom stereocenters. The van der Waals surface area contributed by atoms with E-state index < -0.39 is 34.0 Å². The number of carboxylic acid groups (broad SMARTS) is 2. The lowest BCUT2D eigenvalue weighted by Gasteiger charge is -2.16. The monoisotopic (exact) mass is 319 g/mol. The van der Waals surface area contributed by atoms with Crippen LogP contribution in [0.4, 0.5) is 0 Å². The summed E-state index contributed by atoms with van der Waals surface area (Å²) in [5.41, 5.74) is 6.09. The summed E-state index contributed by atoms with van der Waals surface area (Å²) in [6.45, 7) is 0. The number of carboxylic acids is 2. The number of benzene rings is 1. The second kappa shape index (κ2) is 8.35. The molecule has 0 spiro atoms.